The van der Waals surface area contributed by atoms with Gasteiger partial charge in [0.05, 0.1) is 4.90 Å². The lowest BCUT2D eigenvalue weighted by atomic mass is 10.00. The highest BCUT2D eigenvalue weighted by Crippen LogP contribution is 2.37. The molecule has 0 fully saturated rings. The van der Waals surface area contributed by atoms with Gasteiger partial charge >= 0.3 is 0 Å². The molecule has 0 aliphatic heterocycles. The van der Waals surface area contributed by atoms with Crippen LogP contribution in [0.25, 0.3) is 33.3 Å². The monoisotopic (exact) mass is 425 g/mol. The maximum atomic E-state index is 13.1. The number of rotatable bonds is 4. The minimum Gasteiger partial charge on any atom is -0.345 e. The van der Waals surface area contributed by atoms with Crippen LogP contribution in [0, 0.1) is 0 Å². The number of hydrogen-bond donors (Lipinski definition) is 1. The zero-order valence-corrected chi connectivity index (χ0v) is 18.4. The average Bonchev–Trinajstić information content (AvgIpc) is 3.36. The van der Waals surface area contributed by atoms with Gasteiger partial charge in [0.2, 0.25) is 10.0 Å². The van der Waals surface area contributed by atoms with E-state index in [9.17, 15) is 8.42 Å². The van der Waals surface area contributed by atoms with Crippen molar-refractivity contribution in [3.8, 4) is 22.3 Å². The molecule has 0 spiro atoms. The van der Waals surface area contributed by atoms with Gasteiger partial charge in [0, 0.05) is 35.9 Å². The number of pyridine rings is 1. The first kappa shape index (κ1) is 19.8. The number of sulfonamides is 1. The molecule has 1 aromatic carbocycles. The van der Waals surface area contributed by atoms with Gasteiger partial charge in [-0.1, -0.05) is 12.1 Å². The fraction of sp³-hybridized carbons (Fsp3) is 0.227. The number of fused-ring (bicyclic) bond motifs is 1. The molecule has 0 aliphatic carbocycles. The third-order valence-corrected chi connectivity index (χ3v) is 7.96. The van der Waals surface area contributed by atoms with E-state index in [2.05, 4.69) is 21.4 Å². The van der Waals surface area contributed by atoms with Crippen LogP contribution in [0.4, 0.5) is 0 Å². The number of aromatic amines is 1. The first-order valence-corrected chi connectivity index (χ1v) is 11.7. The summed E-state index contributed by atoms with van der Waals surface area (Å²) in [5.74, 6) is 0. The Balaban J connectivity index is 1.88. The summed E-state index contributed by atoms with van der Waals surface area (Å²) in [5, 5.41) is 5.14. The molecule has 4 aromatic rings. The molecule has 0 radical (unpaired) electrons. The number of hydrogen-bond acceptors (Lipinski definition) is 4. The normalized spacial score (nSPS) is 12.7. The summed E-state index contributed by atoms with van der Waals surface area (Å²) in [6.07, 6.45) is 3.68. The lowest BCUT2D eigenvalue weighted by molar-refractivity contribution is 0.292. The molecule has 3 heterocycles. The molecular formula is C22H23N3O2S2. The molecule has 0 saturated heterocycles. The molecule has 0 amide bonds. The molecule has 0 unspecified atom stereocenters. The average molecular weight is 426 g/mol. The van der Waals surface area contributed by atoms with Crippen molar-refractivity contribution in [3.05, 3.63) is 59.6 Å². The number of nitrogens with one attached hydrogen (secondary N) is 1. The highest BCUT2D eigenvalue weighted by atomic mass is 32.2. The van der Waals surface area contributed by atoms with E-state index in [0.29, 0.717) is 0 Å². The number of H-pyrrole nitrogens is 1. The van der Waals surface area contributed by atoms with Crippen LogP contribution < -0.4 is 0 Å². The summed E-state index contributed by atoms with van der Waals surface area (Å²) >= 11 is 1.64. The molecule has 0 bridgehead atoms. The van der Waals surface area contributed by atoms with E-state index >= 15 is 0 Å². The fourth-order valence-electron chi connectivity index (χ4n) is 3.29. The van der Waals surface area contributed by atoms with Crippen LogP contribution in [0.2, 0.25) is 0 Å². The van der Waals surface area contributed by atoms with Gasteiger partial charge in [0.25, 0.3) is 0 Å². The van der Waals surface area contributed by atoms with E-state index in [-0.39, 0.29) is 4.90 Å². The summed E-state index contributed by atoms with van der Waals surface area (Å²) < 4.78 is 27.7. The fourth-order valence-corrected chi connectivity index (χ4v) is 5.50. The van der Waals surface area contributed by atoms with E-state index < -0.39 is 15.6 Å². The molecule has 0 saturated carbocycles. The van der Waals surface area contributed by atoms with Gasteiger partial charge in [0.1, 0.15) is 5.65 Å². The first-order valence-electron chi connectivity index (χ1n) is 9.28. The van der Waals surface area contributed by atoms with Crippen LogP contribution in [-0.4, -0.2) is 35.3 Å². The molecule has 3 aromatic heterocycles. The smallest absolute Gasteiger partial charge is 0.243 e. The quantitative estimate of drug-likeness (QED) is 0.477. The van der Waals surface area contributed by atoms with Gasteiger partial charge in [-0.25, -0.2) is 13.4 Å². The zero-order chi connectivity index (χ0) is 20.8. The van der Waals surface area contributed by atoms with Crippen LogP contribution in [0.15, 0.2) is 64.4 Å². The van der Waals surface area contributed by atoms with E-state index in [0.717, 1.165) is 33.3 Å². The Hall–Kier alpha value is -2.48. The van der Waals surface area contributed by atoms with Crippen molar-refractivity contribution in [1.29, 1.82) is 0 Å². The Morgan fingerprint density at radius 1 is 1.07 bits per heavy atom. The van der Waals surface area contributed by atoms with E-state index in [1.807, 2.05) is 44.5 Å². The number of aromatic nitrogens is 2. The van der Waals surface area contributed by atoms with Crippen molar-refractivity contribution in [1.82, 2.24) is 14.3 Å². The minimum absolute atomic E-state index is 0.280. The van der Waals surface area contributed by atoms with Crippen LogP contribution in [0.1, 0.15) is 20.8 Å². The second-order valence-corrected chi connectivity index (χ2v) is 10.7. The van der Waals surface area contributed by atoms with Crippen molar-refractivity contribution in [2.75, 3.05) is 7.05 Å². The summed E-state index contributed by atoms with van der Waals surface area (Å²) in [7, 11) is -1.99. The van der Waals surface area contributed by atoms with Gasteiger partial charge in [-0.2, -0.15) is 15.6 Å². The second-order valence-electron chi connectivity index (χ2n) is 7.97. The third-order valence-electron chi connectivity index (χ3n) is 5.15. The summed E-state index contributed by atoms with van der Waals surface area (Å²) in [6, 6.07) is 11.2. The largest absolute Gasteiger partial charge is 0.345 e. The van der Waals surface area contributed by atoms with Crippen LogP contribution in [0.5, 0.6) is 0 Å². The lowest BCUT2D eigenvalue weighted by Gasteiger charge is -2.31. The number of nitrogens with zero attached hydrogens (tertiary/aromatic N) is 2. The summed E-state index contributed by atoms with van der Waals surface area (Å²) in [4.78, 5) is 7.96. The zero-order valence-electron chi connectivity index (χ0n) is 16.8. The standard InChI is InChI=1S/C22H23N3O2S2/c1-22(2,3)25(4)29(26,27)17-7-5-6-15(12-17)19-13-24-21-20(19)18(8-10-23-21)16-9-11-28-14-16/h5-14H,1-4H3,(H,23,24). The van der Waals surface area contributed by atoms with Crippen molar-refractivity contribution >= 4 is 32.4 Å². The van der Waals surface area contributed by atoms with E-state index in [1.165, 1.54) is 4.31 Å². The maximum absolute atomic E-state index is 13.1. The van der Waals surface area contributed by atoms with Gasteiger partial charge in [0.15, 0.2) is 0 Å². The number of benzene rings is 1. The van der Waals surface area contributed by atoms with Crippen LogP contribution >= 0.6 is 11.3 Å². The third kappa shape index (κ3) is 3.50. The highest BCUT2D eigenvalue weighted by molar-refractivity contribution is 7.89. The lowest BCUT2D eigenvalue weighted by Crippen LogP contribution is -2.42. The topological polar surface area (TPSA) is 66.1 Å². The Labute approximate surface area is 175 Å². The molecule has 4 rings (SSSR count). The first-order chi connectivity index (χ1) is 13.7. The van der Waals surface area contributed by atoms with Gasteiger partial charge in [-0.3, -0.25) is 0 Å². The van der Waals surface area contributed by atoms with Crippen LogP contribution in [-0.2, 0) is 10.0 Å². The molecule has 7 heteroatoms. The predicted octanol–water partition coefficient (Wildman–Crippen LogP) is 5.38. The second kappa shape index (κ2) is 7.09. The van der Waals surface area contributed by atoms with Crippen molar-refractivity contribution in [2.24, 2.45) is 0 Å². The molecule has 0 atom stereocenters. The summed E-state index contributed by atoms with van der Waals surface area (Å²) in [6.45, 7) is 5.65. The maximum Gasteiger partial charge on any atom is 0.243 e. The highest BCUT2D eigenvalue weighted by Gasteiger charge is 2.30. The summed E-state index contributed by atoms with van der Waals surface area (Å²) in [5.41, 5.74) is 4.25. The van der Waals surface area contributed by atoms with Crippen LogP contribution in [0.3, 0.4) is 0 Å². The van der Waals surface area contributed by atoms with Crippen molar-refractivity contribution in [2.45, 2.75) is 31.2 Å². The SMILES string of the molecule is CN(C(C)(C)C)S(=O)(=O)c1cccc(-c2c[nH]c3nccc(-c4ccsc4)c23)c1. The molecule has 29 heavy (non-hydrogen) atoms. The molecule has 0 aliphatic rings. The molecule has 1 N–H and O–H groups in total. The molecule has 5 nitrogen and oxygen atoms in total. The Bertz CT molecular complexity index is 1270. The Morgan fingerprint density at radius 2 is 1.86 bits per heavy atom. The predicted molar refractivity (Wildman–Crippen MR) is 120 cm³/mol. The van der Waals surface area contributed by atoms with E-state index in [4.69, 9.17) is 0 Å². The Morgan fingerprint density at radius 3 is 2.55 bits per heavy atom. The number of thiophene rings is 1. The minimum atomic E-state index is -3.61. The Kier molecular flexibility index (Phi) is 4.85. The van der Waals surface area contributed by atoms with E-state index in [1.54, 1.807) is 42.8 Å². The molecule has 150 valence electrons. The van der Waals surface area contributed by atoms with Gasteiger partial charge in [-0.05, 0) is 72.5 Å². The van der Waals surface area contributed by atoms with Crippen molar-refractivity contribution < 1.29 is 8.42 Å². The van der Waals surface area contributed by atoms with Gasteiger partial charge < -0.3 is 4.98 Å². The molecular weight excluding hydrogens is 402 g/mol. The van der Waals surface area contributed by atoms with Gasteiger partial charge in [-0.15, -0.1) is 0 Å². The van der Waals surface area contributed by atoms with Crippen molar-refractivity contribution in [3.63, 3.8) is 0 Å².